The third-order valence-corrected chi connectivity index (χ3v) is 3.86. The minimum Gasteiger partial charge on any atom is -0.376 e. The van der Waals surface area contributed by atoms with E-state index in [9.17, 15) is 0 Å². The fourth-order valence-electron chi connectivity index (χ4n) is 2.31. The van der Waals surface area contributed by atoms with Crippen LogP contribution in [-0.4, -0.2) is 41.7 Å². The number of nitrogens with two attached hydrogens (primary N) is 1. The molecule has 6 nitrogen and oxygen atoms in total. The zero-order chi connectivity index (χ0) is 13.8. The Morgan fingerprint density at radius 3 is 2.95 bits per heavy atom. The van der Waals surface area contributed by atoms with Crippen LogP contribution < -0.4 is 11.3 Å². The van der Waals surface area contributed by atoms with E-state index in [1.165, 1.54) is 0 Å². The van der Waals surface area contributed by atoms with Crippen molar-refractivity contribution in [1.82, 2.24) is 15.2 Å². The predicted octanol–water partition coefficient (Wildman–Crippen LogP) is 0.655. The van der Waals surface area contributed by atoms with Crippen LogP contribution in [0.2, 0.25) is 5.02 Å². The van der Waals surface area contributed by atoms with Gasteiger partial charge in [0.05, 0.1) is 48.4 Å². The maximum absolute atomic E-state index is 6.31. The Morgan fingerprint density at radius 2 is 2.37 bits per heavy atom. The zero-order valence-corrected chi connectivity index (χ0v) is 12.1. The molecular weight excluding hydrogens is 268 g/mol. The second kappa shape index (κ2) is 6.67. The van der Waals surface area contributed by atoms with Crippen molar-refractivity contribution >= 4 is 11.6 Å². The van der Waals surface area contributed by atoms with Crippen molar-refractivity contribution in [3.05, 3.63) is 16.4 Å². The lowest BCUT2D eigenvalue weighted by Crippen LogP contribution is -2.50. The quantitative estimate of drug-likeness (QED) is 0.615. The standard InChI is InChI=1S/C12H21ClN4O2/c1-3-17-10(12(13)8(2)16-17)6-9(15-14)11-7-18-4-5-19-11/h9,11,15H,3-7,14H2,1-2H3. The highest BCUT2D eigenvalue weighted by atomic mass is 35.5. The number of nitrogens with zero attached hydrogens (tertiary/aromatic N) is 2. The average Bonchev–Trinajstić information content (AvgIpc) is 2.72. The molecule has 2 unspecified atom stereocenters. The summed E-state index contributed by atoms with van der Waals surface area (Å²) in [4.78, 5) is 0. The Balaban J connectivity index is 2.13. The van der Waals surface area contributed by atoms with Crippen LogP contribution in [0.3, 0.4) is 0 Å². The van der Waals surface area contributed by atoms with Gasteiger partial charge in [-0.1, -0.05) is 11.6 Å². The van der Waals surface area contributed by atoms with Crippen LogP contribution in [-0.2, 0) is 22.4 Å². The van der Waals surface area contributed by atoms with Crippen molar-refractivity contribution < 1.29 is 9.47 Å². The van der Waals surface area contributed by atoms with Crippen LogP contribution >= 0.6 is 11.6 Å². The Bertz CT molecular complexity index is 418. The van der Waals surface area contributed by atoms with Crippen LogP contribution in [0.5, 0.6) is 0 Å². The summed E-state index contributed by atoms with van der Waals surface area (Å²) < 4.78 is 13.0. The van der Waals surface area contributed by atoms with Crippen LogP contribution in [0.1, 0.15) is 18.3 Å². The largest absolute Gasteiger partial charge is 0.376 e. The maximum atomic E-state index is 6.31. The molecule has 0 amide bonds. The Morgan fingerprint density at radius 1 is 1.58 bits per heavy atom. The molecule has 0 aliphatic carbocycles. The first-order valence-electron chi connectivity index (χ1n) is 6.54. The van der Waals surface area contributed by atoms with Crippen molar-refractivity contribution in [3.63, 3.8) is 0 Å². The lowest BCUT2D eigenvalue weighted by atomic mass is 10.1. The summed E-state index contributed by atoms with van der Waals surface area (Å²) in [6.07, 6.45) is 0.605. The molecule has 108 valence electrons. The lowest BCUT2D eigenvalue weighted by molar-refractivity contribution is -0.101. The second-order valence-electron chi connectivity index (χ2n) is 4.62. The summed E-state index contributed by atoms with van der Waals surface area (Å²) >= 11 is 6.31. The lowest BCUT2D eigenvalue weighted by Gasteiger charge is -2.30. The van der Waals surface area contributed by atoms with Crippen LogP contribution in [0.4, 0.5) is 0 Å². The maximum Gasteiger partial charge on any atom is 0.0979 e. The first-order valence-corrected chi connectivity index (χ1v) is 6.92. The van der Waals surface area contributed by atoms with Crippen molar-refractivity contribution in [2.45, 2.75) is 39.0 Å². The molecule has 1 fully saturated rings. The summed E-state index contributed by atoms with van der Waals surface area (Å²) in [5.41, 5.74) is 4.63. The molecule has 1 aromatic rings. The van der Waals surface area contributed by atoms with E-state index < -0.39 is 0 Å². The highest BCUT2D eigenvalue weighted by molar-refractivity contribution is 6.31. The Hall–Kier alpha value is -0.660. The molecule has 19 heavy (non-hydrogen) atoms. The van der Waals surface area contributed by atoms with Crippen molar-refractivity contribution in [3.8, 4) is 0 Å². The SMILES string of the molecule is CCn1nc(C)c(Cl)c1CC(NN)C1COCCO1. The van der Waals surface area contributed by atoms with Crippen molar-refractivity contribution in [2.24, 2.45) is 5.84 Å². The number of ether oxygens (including phenoxy) is 2. The van der Waals surface area contributed by atoms with Gasteiger partial charge in [-0.2, -0.15) is 5.10 Å². The predicted molar refractivity (Wildman–Crippen MR) is 73.0 cm³/mol. The topological polar surface area (TPSA) is 74.3 Å². The first-order chi connectivity index (χ1) is 9.17. The van der Waals surface area contributed by atoms with E-state index in [4.69, 9.17) is 26.9 Å². The molecule has 3 N–H and O–H groups in total. The van der Waals surface area contributed by atoms with Gasteiger partial charge in [-0.3, -0.25) is 16.0 Å². The van der Waals surface area contributed by atoms with E-state index >= 15 is 0 Å². The fourth-order valence-corrected chi connectivity index (χ4v) is 2.52. The average molecular weight is 289 g/mol. The third kappa shape index (κ3) is 3.27. The van der Waals surface area contributed by atoms with Gasteiger partial charge >= 0.3 is 0 Å². The van der Waals surface area contributed by atoms with Gasteiger partial charge in [0.25, 0.3) is 0 Å². The summed E-state index contributed by atoms with van der Waals surface area (Å²) in [6.45, 7) is 6.51. The summed E-state index contributed by atoms with van der Waals surface area (Å²) in [5, 5.41) is 5.11. The summed E-state index contributed by atoms with van der Waals surface area (Å²) in [6, 6.07) is -0.0424. The highest BCUT2D eigenvalue weighted by Gasteiger charge is 2.27. The fraction of sp³-hybridized carbons (Fsp3) is 0.750. The van der Waals surface area contributed by atoms with Gasteiger partial charge in [-0.25, -0.2) is 0 Å². The molecule has 1 aromatic heterocycles. The van der Waals surface area contributed by atoms with E-state index in [2.05, 4.69) is 10.5 Å². The Kier molecular flexibility index (Phi) is 5.18. The Labute approximate surface area is 118 Å². The summed E-state index contributed by atoms with van der Waals surface area (Å²) in [7, 11) is 0. The number of halogens is 1. The van der Waals surface area contributed by atoms with E-state index in [1.54, 1.807) is 0 Å². The van der Waals surface area contributed by atoms with Crippen molar-refractivity contribution in [2.75, 3.05) is 19.8 Å². The van der Waals surface area contributed by atoms with Gasteiger partial charge in [0.15, 0.2) is 0 Å². The molecule has 2 rings (SSSR count). The molecule has 2 atom stereocenters. The van der Waals surface area contributed by atoms with E-state index in [0.717, 1.165) is 17.9 Å². The molecule has 1 aliphatic rings. The number of hydrogen-bond acceptors (Lipinski definition) is 5. The molecule has 0 radical (unpaired) electrons. The molecule has 0 spiro atoms. The molecule has 1 saturated heterocycles. The normalized spacial score (nSPS) is 21.6. The van der Waals surface area contributed by atoms with Crippen molar-refractivity contribution in [1.29, 1.82) is 0 Å². The molecule has 7 heteroatoms. The first kappa shape index (κ1) is 14.7. The number of hydrazine groups is 1. The van der Waals surface area contributed by atoms with Crippen LogP contribution in [0, 0.1) is 6.92 Å². The third-order valence-electron chi connectivity index (χ3n) is 3.37. The monoisotopic (exact) mass is 288 g/mol. The zero-order valence-electron chi connectivity index (χ0n) is 11.4. The molecule has 2 heterocycles. The number of rotatable bonds is 5. The minimum atomic E-state index is -0.0599. The van der Waals surface area contributed by atoms with E-state index in [-0.39, 0.29) is 12.1 Å². The molecule has 0 bridgehead atoms. The minimum absolute atomic E-state index is 0.0424. The van der Waals surface area contributed by atoms with E-state index in [0.29, 0.717) is 31.3 Å². The molecule has 0 aromatic carbocycles. The van der Waals surface area contributed by atoms with Gasteiger partial charge in [0.1, 0.15) is 0 Å². The number of aromatic nitrogens is 2. The highest BCUT2D eigenvalue weighted by Crippen LogP contribution is 2.23. The number of aryl methyl sites for hydroxylation is 2. The second-order valence-corrected chi connectivity index (χ2v) is 5.00. The van der Waals surface area contributed by atoms with Crippen LogP contribution in [0.25, 0.3) is 0 Å². The van der Waals surface area contributed by atoms with Gasteiger partial charge in [-0.05, 0) is 13.8 Å². The summed E-state index contributed by atoms with van der Waals surface area (Å²) in [5.74, 6) is 5.64. The van der Waals surface area contributed by atoms with Gasteiger partial charge in [0, 0.05) is 13.0 Å². The molecule has 0 saturated carbocycles. The van der Waals surface area contributed by atoms with E-state index in [1.807, 2.05) is 18.5 Å². The molecule has 1 aliphatic heterocycles. The van der Waals surface area contributed by atoms with Crippen LogP contribution in [0.15, 0.2) is 0 Å². The number of hydrogen-bond donors (Lipinski definition) is 2. The van der Waals surface area contributed by atoms with Gasteiger partial charge in [-0.15, -0.1) is 0 Å². The number of nitrogens with one attached hydrogen (secondary N) is 1. The smallest absolute Gasteiger partial charge is 0.0979 e. The van der Waals surface area contributed by atoms with Gasteiger partial charge < -0.3 is 9.47 Å². The van der Waals surface area contributed by atoms with Gasteiger partial charge in [0.2, 0.25) is 0 Å². The molecular formula is C12H21ClN4O2.